The van der Waals surface area contributed by atoms with Crippen LogP contribution < -0.4 is 4.57 Å². The molecular formula is C20H22NO2+. The first kappa shape index (κ1) is 15.5. The van der Waals surface area contributed by atoms with E-state index in [-0.39, 0.29) is 5.97 Å². The minimum absolute atomic E-state index is 0.228. The van der Waals surface area contributed by atoms with E-state index in [1.54, 1.807) is 0 Å². The van der Waals surface area contributed by atoms with E-state index < -0.39 is 0 Å². The van der Waals surface area contributed by atoms with Crippen molar-refractivity contribution in [1.29, 1.82) is 0 Å². The van der Waals surface area contributed by atoms with Gasteiger partial charge in [-0.15, -0.1) is 0 Å². The number of unbranched alkanes of at least 4 members (excludes halogenated alkanes) is 2. The number of nitrogens with zero attached hydrogens (tertiary/aromatic N) is 1. The summed E-state index contributed by atoms with van der Waals surface area (Å²) in [6, 6.07) is 16.0. The molecule has 3 heteroatoms. The number of rotatable bonds is 5. The second-order valence-corrected chi connectivity index (χ2v) is 5.81. The van der Waals surface area contributed by atoms with E-state index in [0.29, 0.717) is 12.2 Å². The normalized spacial score (nSPS) is 11.0. The van der Waals surface area contributed by atoms with E-state index in [9.17, 15) is 4.79 Å². The predicted molar refractivity (Wildman–Crippen MR) is 92.4 cm³/mol. The summed E-state index contributed by atoms with van der Waals surface area (Å²) in [5.74, 6) is -0.228. The molecule has 0 atom stereocenters. The number of para-hydroxylation sites is 2. The Hall–Kier alpha value is -2.42. The van der Waals surface area contributed by atoms with E-state index in [2.05, 4.69) is 11.5 Å². The number of hydrogen-bond donors (Lipinski definition) is 0. The maximum Gasteiger partial charge on any atom is 0.339 e. The molecule has 0 aliphatic heterocycles. The summed E-state index contributed by atoms with van der Waals surface area (Å²) in [7, 11) is 2.03. The van der Waals surface area contributed by atoms with E-state index in [1.807, 2.05) is 55.6 Å². The highest BCUT2D eigenvalue weighted by molar-refractivity contribution is 6.12. The fraction of sp³-hybridized carbons (Fsp3) is 0.300. The molecule has 3 aromatic rings. The molecule has 2 aromatic carbocycles. The van der Waals surface area contributed by atoms with Gasteiger partial charge in [-0.05, 0) is 18.6 Å². The lowest BCUT2D eigenvalue weighted by atomic mass is 10.0. The van der Waals surface area contributed by atoms with Gasteiger partial charge in [0.2, 0.25) is 11.0 Å². The highest BCUT2D eigenvalue weighted by Gasteiger charge is 2.22. The van der Waals surface area contributed by atoms with Gasteiger partial charge in [-0.1, -0.05) is 44.0 Å². The van der Waals surface area contributed by atoms with Crippen LogP contribution in [0.15, 0.2) is 48.5 Å². The lowest BCUT2D eigenvalue weighted by Crippen LogP contribution is -2.31. The highest BCUT2D eigenvalue weighted by Crippen LogP contribution is 2.25. The van der Waals surface area contributed by atoms with Crippen LogP contribution in [0.5, 0.6) is 0 Å². The molecule has 118 valence electrons. The van der Waals surface area contributed by atoms with Gasteiger partial charge in [0.1, 0.15) is 7.05 Å². The Bertz CT molecular complexity index is 798. The van der Waals surface area contributed by atoms with Crippen LogP contribution in [0.1, 0.15) is 36.5 Å². The van der Waals surface area contributed by atoms with Crippen molar-refractivity contribution in [3.8, 4) is 0 Å². The number of ether oxygens (including phenoxy) is 1. The molecule has 0 amide bonds. The van der Waals surface area contributed by atoms with Crippen molar-refractivity contribution in [2.45, 2.75) is 26.2 Å². The van der Waals surface area contributed by atoms with E-state index in [0.717, 1.165) is 41.1 Å². The van der Waals surface area contributed by atoms with Crippen molar-refractivity contribution in [2.24, 2.45) is 7.05 Å². The van der Waals surface area contributed by atoms with Gasteiger partial charge in [0.05, 0.1) is 22.9 Å². The third kappa shape index (κ3) is 2.91. The number of benzene rings is 2. The average Bonchev–Trinajstić information content (AvgIpc) is 2.59. The number of pyridine rings is 1. The molecule has 0 fully saturated rings. The Morgan fingerprint density at radius 3 is 2.09 bits per heavy atom. The van der Waals surface area contributed by atoms with Crippen molar-refractivity contribution in [1.82, 2.24) is 0 Å². The Labute approximate surface area is 136 Å². The summed E-state index contributed by atoms with van der Waals surface area (Å²) < 4.78 is 7.66. The number of carbonyl (C=O) groups excluding carboxylic acids is 1. The van der Waals surface area contributed by atoms with E-state index in [1.165, 1.54) is 0 Å². The Balaban J connectivity index is 2.13. The first-order valence-corrected chi connectivity index (χ1v) is 8.20. The molecule has 0 spiro atoms. The number of aromatic nitrogens is 1. The van der Waals surface area contributed by atoms with E-state index >= 15 is 0 Å². The number of esters is 1. The van der Waals surface area contributed by atoms with Crippen LogP contribution in [0.4, 0.5) is 0 Å². The summed E-state index contributed by atoms with van der Waals surface area (Å²) in [4.78, 5) is 12.7. The summed E-state index contributed by atoms with van der Waals surface area (Å²) in [6.45, 7) is 2.62. The molecule has 1 aromatic heterocycles. The molecule has 0 aliphatic carbocycles. The smallest absolute Gasteiger partial charge is 0.339 e. The minimum atomic E-state index is -0.228. The van der Waals surface area contributed by atoms with Gasteiger partial charge in [-0.25, -0.2) is 4.79 Å². The van der Waals surface area contributed by atoms with Crippen LogP contribution in [0.2, 0.25) is 0 Å². The average molecular weight is 308 g/mol. The molecular weight excluding hydrogens is 286 g/mol. The standard InChI is InChI=1S/C20H22NO2/c1-3-4-9-14-23-20(22)19-15-10-5-7-12-17(15)21(2)18-13-8-6-11-16(18)19/h5-8,10-13H,3-4,9,14H2,1-2H3/q+1. The summed E-state index contributed by atoms with van der Waals surface area (Å²) >= 11 is 0. The second kappa shape index (κ2) is 6.78. The summed E-state index contributed by atoms with van der Waals surface area (Å²) in [5, 5.41) is 1.88. The first-order chi connectivity index (χ1) is 11.2. The lowest BCUT2D eigenvalue weighted by Gasteiger charge is -2.10. The van der Waals surface area contributed by atoms with Gasteiger partial charge in [-0.2, -0.15) is 4.57 Å². The topological polar surface area (TPSA) is 30.2 Å². The molecule has 3 nitrogen and oxygen atoms in total. The second-order valence-electron chi connectivity index (χ2n) is 5.81. The molecule has 0 unspecified atom stereocenters. The zero-order valence-corrected chi connectivity index (χ0v) is 13.7. The van der Waals surface area contributed by atoms with Crippen LogP contribution in [0.3, 0.4) is 0 Å². The third-order valence-corrected chi connectivity index (χ3v) is 4.25. The molecule has 3 rings (SSSR count). The number of aryl methyl sites for hydroxylation is 1. The fourth-order valence-electron chi connectivity index (χ4n) is 3.04. The first-order valence-electron chi connectivity index (χ1n) is 8.20. The fourth-order valence-corrected chi connectivity index (χ4v) is 3.04. The SMILES string of the molecule is CCCCCOC(=O)c1c2ccccc2[n+](C)c2ccccc12. The van der Waals surface area contributed by atoms with Gasteiger partial charge < -0.3 is 4.74 Å². The Kier molecular flexibility index (Phi) is 4.56. The Morgan fingerprint density at radius 2 is 1.52 bits per heavy atom. The molecule has 23 heavy (non-hydrogen) atoms. The zero-order chi connectivity index (χ0) is 16.2. The summed E-state index contributed by atoms with van der Waals surface area (Å²) in [6.07, 6.45) is 3.11. The van der Waals surface area contributed by atoms with Gasteiger partial charge >= 0.3 is 5.97 Å². The lowest BCUT2D eigenvalue weighted by molar-refractivity contribution is -0.617. The largest absolute Gasteiger partial charge is 0.462 e. The third-order valence-electron chi connectivity index (χ3n) is 4.25. The van der Waals surface area contributed by atoms with Gasteiger partial charge in [0.25, 0.3) is 0 Å². The number of fused-ring (bicyclic) bond motifs is 2. The maximum absolute atomic E-state index is 12.7. The van der Waals surface area contributed by atoms with Crippen LogP contribution in [-0.4, -0.2) is 12.6 Å². The van der Waals surface area contributed by atoms with Crippen molar-refractivity contribution in [3.05, 3.63) is 54.1 Å². The zero-order valence-electron chi connectivity index (χ0n) is 13.7. The molecule has 0 aliphatic rings. The van der Waals surface area contributed by atoms with Crippen LogP contribution in [0, 0.1) is 0 Å². The van der Waals surface area contributed by atoms with Crippen LogP contribution >= 0.6 is 0 Å². The monoisotopic (exact) mass is 308 g/mol. The van der Waals surface area contributed by atoms with Crippen molar-refractivity contribution in [2.75, 3.05) is 6.61 Å². The predicted octanol–water partition coefficient (Wildman–Crippen LogP) is 4.16. The van der Waals surface area contributed by atoms with Crippen LogP contribution in [-0.2, 0) is 11.8 Å². The minimum Gasteiger partial charge on any atom is -0.462 e. The van der Waals surface area contributed by atoms with Gasteiger partial charge in [0, 0.05) is 12.1 Å². The molecule has 0 radical (unpaired) electrons. The quantitative estimate of drug-likeness (QED) is 0.306. The molecule has 1 heterocycles. The summed E-state index contributed by atoms with van der Waals surface area (Å²) in [5.41, 5.74) is 2.74. The van der Waals surface area contributed by atoms with Gasteiger partial charge in [-0.3, -0.25) is 0 Å². The van der Waals surface area contributed by atoms with Crippen LogP contribution in [0.25, 0.3) is 21.8 Å². The van der Waals surface area contributed by atoms with Crippen molar-refractivity contribution < 1.29 is 14.1 Å². The molecule has 0 saturated carbocycles. The molecule has 0 N–H and O–H groups in total. The number of hydrogen-bond acceptors (Lipinski definition) is 2. The highest BCUT2D eigenvalue weighted by atomic mass is 16.5. The maximum atomic E-state index is 12.7. The Morgan fingerprint density at radius 1 is 0.957 bits per heavy atom. The van der Waals surface area contributed by atoms with Gasteiger partial charge in [0.15, 0.2) is 0 Å². The molecule has 0 saturated heterocycles. The van der Waals surface area contributed by atoms with Crippen molar-refractivity contribution in [3.63, 3.8) is 0 Å². The van der Waals surface area contributed by atoms with E-state index in [4.69, 9.17) is 4.74 Å². The number of carbonyl (C=O) groups is 1. The van der Waals surface area contributed by atoms with Crippen molar-refractivity contribution >= 4 is 27.8 Å². The molecule has 0 bridgehead atoms.